The van der Waals surface area contributed by atoms with Crippen molar-refractivity contribution in [3.05, 3.63) is 22.7 Å². The molecule has 3 nitrogen and oxygen atoms in total. The van der Waals surface area contributed by atoms with Crippen molar-refractivity contribution in [2.75, 3.05) is 13.2 Å². The van der Waals surface area contributed by atoms with E-state index in [1.165, 1.54) is 49.2 Å². The molecule has 2 heterocycles. The molecule has 3 N–H and O–H groups in total. The summed E-state index contributed by atoms with van der Waals surface area (Å²) < 4.78 is 0. The summed E-state index contributed by atoms with van der Waals surface area (Å²) in [6.45, 7) is 1.94. The standard InChI is InChI=1S/C11H17N3/c1-2-4-10-8(3-1)5-9-6-12-7-13-11(9)14-10/h12-14H,1-7H2. The van der Waals surface area contributed by atoms with E-state index < -0.39 is 0 Å². The first-order chi connectivity index (χ1) is 6.93. The molecule has 0 aromatic heterocycles. The highest BCUT2D eigenvalue weighted by Gasteiger charge is 2.23. The zero-order valence-electron chi connectivity index (χ0n) is 8.45. The van der Waals surface area contributed by atoms with E-state index >= 15 is 0 Å². The maximum Gasteiger partial charge on any atom is 0.105 e. The van der Waals surface area contributed by atoms with E-state index in [4.69, 9.17) is 0 Å². The zero-order chi connectivity index (χ0) is 9.38. The molecule has 0 fully saturated rings. The van der Waals surface area contributed by atoms with Crippen LogP contribution in [0.3, 0.4) is 0 Å². The van der Waals surface area contributed by atoms with Gasteiger partial charge >= 0.3 is 0 Å². The summed E-state index contributed by atoms with van der Waals surface area (Å²) in [6.07, 6.45) is 6.48. The Morgan fingerprint density at radius 1 is 1.00 bits per heavy atom. The second kappa shape index (κ2) is 3.31. The fourth-order valence-electron chi connectivity index (χ4n) is 2.58. The van der Waals surface area contributed by atoms with Crippen LogP contribution in [0.25, 0.3) is 0 Å². The molecule has 3 rings (SSSR count). The Morgan fingerprint density at radius 3 is 2.93 bits per heavy atom. The van der Waals surface area contributed by atoms with Gasteiger partial charge in [-0.3, -0.25) is 5.32 Å². The van der Waals surface area contributed by atoms with Gasteiger partial charge in [-0.25, -0.2) is 0 Å². The number of dihydropyridines is 1. The van der Waals surface area contributed by atoms with Crippen molar-refractivity contribution in [2.24, 2.45) is 0 Å². The van der Waals surface area contributed by atoms with Gasteiger partial charge in [-0.2, -0.15) is 0 Å². The van der Waals surface area contributed by atoms with Gasteiger partial charge in [0.05, 0.1) is 6.67 Å². The van der Waals surface area contributed by atoms with Gasteiger partial charge in [0.2, 0.25) is 0 Å². The van der Waals surface area contributed by atoms with Crippen molar-refractivity contribution in [1.29, 1.82) is 0 Å². The normalized spacial score (nSPS) is 26.3. The van der Waals surface area contributed by atoms with Gasteiger partial charge in [0.25, 0.3) is 0 Å². The SMILES string of the molecule is C1CCC2=C(C1)CC1=C(NCNC1)N2. The van der Waals surface area contributed by atoms with Gasteiger partial charge < -0.3 is 10.6 Å². The van der Waals surface area contributed by atoms with E-state index in [1.54, 1.807) is 5.57 Å². The molecule has 0 atom stereocenters. The molecular weight excluding hydrogens is 174 g/mol. The number of rotatable bonds is 0. The van der Waals surface area contributed by atoms with Gasteiger partial charge in [-0.05, 0) is 43.3 Å². The molecule has 0 saturated carbocycles. The molecule has 0 spiro atoms. The van der Waals surface area contributed by atoms with Crippen LogP contribution in [-0.2, 0) is 0 Å². The van der Waals surface area contributed by atoms with Gasteiger partial charge in [-0.1, -0.05) is 0 Å². The Hall–Kier alpha value is -0.960. The molecule has 0 bridgehead atoms. The van der Waals surface area contributed by atoms with Crippen molar-refractivity contribution in [3.63, 3.8) is 0 Å². The lowest BCUT2D eigenvalue weighted by Crippen LogP contribution is -2.43. The Morgan fingerprint density at radius 2 is 1.93 bits per heavy atom. The van der Waals surface area contributed by atoms with Crippen molar-refractivity contribution in [1.82, 2.24) is 16.0 Å². The lowest BCUT2D eigenvalue weighted by atomic mass is 9.88. The van der Waals surface area contributed by atoms with Crippen molar-refractivity contribution < 1.29 is 0 Å². The number of hydrogen-bond acceptors (Lipinski definition) is 3. The van der Waals surface area contributed by atoms with E-state index in [0.29, 0.717) is 0 Å². The third-order valence-corrected chi connectivity index (χ3v) is 3.37. The van der Waals surface area contributed by atoms with Crippen LogP contribution in [0.15, 0.2) is 22.7 Å². The molecule has 14 heavy (non-hydrogen) atoms. The molecule has 1 aliphatic carbocycles. The summed E-state index contributed by atoms with van der Waals surface area (Å²) in [4.78, 5) is 0. The molecule has 3 heteroatoms. The highest BCUT2D eigenvalue weighted by atomic mass is 15.2. The first kappa shape index (κ1) is 8.36. The number of nitrogens with one attached hydrogen (secondary N) is 3. The highest BCUT2D eigenvalue weighted by Crippen LogP contribution is 2.32. The maximum absolute atomic E-state index is 3.57. The van der Waals surface area contributed by atoms with E-state index in [9.17, 15) is 0 Å². The molecule has 0 aromatic carbocycles. The monoisotopic (exact) mass is 191 g/mol. The lowest BCUT2D eigenvalue weighted by Gasteiger charge is -2.33. The van der Waals surface area contributed by atoms with E-state index in [1.807, 2.05) is 0 Å². The first-order valence-electron chi connectivity index (χ1n) is 5.58. The summed E-state index contributed by atoms with van der Waals surface area (Å²) >= 11 is 0. The molecule has 0 aromatic rings. The summed E-state index contributed by atoms with van der Waals surface area (Å²) in [5.74, 6) is 1.28. The van der Waals surface area contributed by atoms with Crippen molar-refractivity contribution in [3.8, 4) is 0 Å². The van der Waals surface area contributed by atoms with Gasteiger partial charge in [0.15, 0.2) is 0 Å². The topological polar surface area (TPSA) is 36.1 Å². The Bertz CT molecular complexity index is 254. The third-order valence-electron chi connectivity index (χ3n) is 3.37. The number of allylic oxidation sites excluding steroid dienone is 2. The second-order valence-electron chi connectivity index (χ2n) is 4.35. The summed E-state index contributed by atoms with van der Waals surface area (Å²) in [5.41, 5.74) is 4.67. The van der Waals surface area contributed by atoms with Crippen LogP contribution < -0.4 is 16.0 Å². The van der Waals surface area contributed by atoms with Crippen LogP contribution in [0, 0.1) is 0 Å². The Balaban J connectivity index is 1.84. The second-order valence-corrected chi connectivity index (χ2v) is 4.35. The molecule has 0 amide bonds. The summed E-state index contributed by atoms with van der Waals surface area (Å²) in [5, 5.41) is 10.3. The van der Waals surface area contributed by atoms with Gasteiger partial charge in [-0.15, -0.1) is 0 Å². The Kier molecular flexibility index (Phi) is 1.98. The van der Waals surface area contributed by atoms with Gasteiger partial charge in [0.1, 0.15) is 5.82 Å². The van der Waals surface area contributed by atoms with Crippen LogP contribution in [0.1, 0.15) is 32.1 Å². The fraction of sp³-hybridized carbons (Fsp3) is 0.636. The molecular formula is C11H17N3. The van der Waals surface area contributed by atoms with Gasteiger partial charge in [0, 0.05) is 12.2 Å². The average Bonchev–Trinajstić information content (AvgIpc) is 2.26. The van der Waals surface area contributed by atoms with Crippen LogP contribution in [0.5, 0.6) is 0 Å². The fourth-order valence-corrected chi connectivity index (χ4v) is 2.58. The summed E-state index contributed by atoms with van der Waals surface area (Å²) in [6, 6.07) is 0. The minimum Gasteiger partial charge on any atom is -0.359 e. The molecule has 2 aliphatic heterocycles. The zero-order valence-corrected chi connectivity index (χ0v) is 8.45. The average molecular weight is 191 g/mol. The van der Waals surface area contributed by atoms with Crippen LogP contribution in [-0.4, -0.2) is 13.2 Å². The quantitative estimate of drug-likeness (QED) is 0.538. The number of hydrogen-bond donors (Lipinski definition) is 3. The molecule has 0 saturated heterocycles. The third kappa shape index (κ3) is 1.32. The molecule has 76 valence electrons. The van der Waals surface area contributed by atoms with Crippen LogP contribution in [0.2, 0.25) is 0 Å². The summed E-state index contributed by atoms with van der Waals surface area (Å²) in [7, 11) is 0. The van der Waals surface area contributed by atoms with E-state index in [0.717, 1.165) is 13.2 Å². The first-order valence-corrected chi connectivity index (χ1v) is 5.58. The van der Waals surface area contributed by atoms with Crippen LogP contribution in [0.4, 0.5) is 0 Å². The smallest absolute Gasteiger partial charge is 0.105 e. The molecule has 0 unspecified atom stereocenters. The van der Waals surface area contributed by atoms with E-state index in [-0.39, 0.29) is 0 Å². The molecule has 3 aliphatic rings. The predicted octanol–water partition coefficient (Wildman–Crippen LogP) is 1.17. The lowest BCUT2D eigenvalue weighted by molar-refractivity contribution is 0.528. The maximum atomic E-state index is 3.57. The minimum atomic E-state index is 0.897. The van der Waals surface area contributed by atoms with Crippen molar-refractivity contribution >= 4 is 0 Å². The molecule has 0 radical (unpaired) electrons. The van der Waals surface area contributed by atoms with Crippen molar-refractivity contribution in [2.45, 2.75) is 32.1 Å². The van der Waals surface area contributed by atoms with Crippen LogP contribution >= 0.6 is 0 Å². The predicted molar refractivity (Wildman–Crippen MR) is 56.3 cm³/mol. The largest absolute Gasteiger partial charge is 0.359 e. The van der Waals surface area contributed by atoms with E-state index in [2.05, 4.69) is 16.0 Å². The highest BCUT2D eigenvalue weighted by molar-refractivity contribution is 5.34. The minimum absolute atomic E-state index is 0.897. The Labute approximate surface area is 84.6 Å².